The summed E-state index contributed by atoms with van der Waals surface area (Å²) in [5, 5.41) is 21.0. The standard InChI is InChI=1S/C16H20FNO3/c17-12-16(21)18-9-8-15(20)14-7-4-6-13(11-14)5-2-1-3-10-19/h4,6-7,11,15,19-20H,1,3,8-10,12H2,(H,18,21). The van der Waals surface area contributed by atoms with Gasteiger partial charge in [-0.1, -0.05) is 24.0 Å². The van der Waals surface area contributed by atoms with Gasteiger partial charge in [0.2, 0.25) is 0 Å². The third-order valence-electron chi connectivity index (χ3n) is 2.83. The van der Waals surface area contributed by atoms with E-state index in [0.29, 0.717) is 24.8 Å². The van der Waals surface area contributed by atoms with Crippen LogP contribution in [0.2, 0.25) is 0 Å². The molecule has 1 amide bonds. The number of alkyl halides is 1. The maximum atomic E-state index is 12.0. The Morgan fingerprint density at radius 3 is 2.95 bits per heavy atom. The number of benzene rings is 1. The second-order valence-electron chi connectivity index (χ2n) is 4.54. The van der Waals surface area contributed by atoms with Crippen molar-refractivity contribution in [3.63, 3.8) is 0 Å². The number of amides is 1. The molecule has 0 aromatic heterocycles. The predicted octanol–water partition coefficient (Wildman–Crippen LogP) is 1.32. The normalized spacial score (nSPS) is 11.4. The summed E-state index contributed by atoms with van der Waals surface area (Å²) in [4.78, 5) is 10.8. The molecule has 0 aliphatic heterocycles. The minimum atomic E-state index is -1.05. The van der Waals surface area contributed by atoms with Crippen molar-refractivity contribution >= 4 is 5.91 Å². The Hall–Kier alpha value is -1.90. The number of halogens is 1. The number of hydrogen-bond acceptors (Lipinski definition) is 3. The topological polar surface area (TPSA) is 69.6 Å². The zero-order chi connectivity index (χ0) is 15.5. The fraction of sp³-hybridized carbons (Fsp3) is 0.438. The van der Waals surface area contributed by atoms with Gasteiger partial charge in [-0.2, -0.15) is 0 Å². The average molecular weight is 293 g/mol. The maximum Gasteiger partial charge on any atom is 0.251 e. The molecule has 0 bridgehead atoms. The first-order chi connectivity index (χ1) is 10.2. The maximum absolute atomic E-state index is 12.0. The molecule has 5 heteroatoms. The van der Waals surface area contributed by atoms with E-state index in [1.807, 2.05) is 6.07 Å². The molecule has 3 N–H and O–H groups in total. The number of hydrogen-bond donors (Lipinski definition) is 3. The van der Waals surface area contributed by atoms with Crippen LogP contribution in [0.4, 0.5) is 4.39 Å². The fourth-order valence-electron chi connectivity index (χ4n) is 1.72. The smallest absolute Gasteiger partial charge is 0.251 e. The van der Waals surface area contributed by atoms with Gasteiger partial charge in [0, 0.05) is 25.1 Å². The summed E-state index contributed by atoms with van der Waals surface area (Å²) in [6.07, 6.45) is 0.846. The summed E-state index contributed by atoms with van der Waals surface area (Å²) in [6.45, 7) is -0.705. The number of carbonyl (C=O) groups excluding carboxylic acids is 1. The van der Waals surface area contributed by atoms with Gasteiger partial charge < -0.3 is 15.5 Å². The molecule has 0 radical (unpaired) electrons. The van der Waals surface area contributed by atoms with E-state index in [-0.39, 0.29) is 13.2 Å². The van der Waals surface area contributed by atoms with Crippen LogP contribution in [0.15, 0.2) is 24.3 Å². The number of aliphatic hydroxyl groups is 2. The Kier molecular flexibility index (Phi) is 8.10. The van der Waals surface area contributed by atoms with E-state index >= 15 is 0 Å². The molecule has 0 spiro atoms. The van der Waals surface area contributed by atoms with Crippen LogP contribution in [0, 0.1) is 11.8 Å². The highest BCUT2D eigenvalue weighted by molar-refractivity contribution is 5.76. The zero-order valence-electron chi connectivity index (χ0n) is 11.8. The van der Waals surface area contributed by atoms with Crippen LogP contribution in [0.3, 0.4) is 0 Å². The van der Waals surface area contributed by atoms with E-state index in [0.717, 1.165) is 5.56 Å². The quantitative estimate of drug-likeness (QED) is 0.524. The molecule has 0 aliphatic carbocycles. The monoisotopic (exact) mass is 293 g/mol. The number of rotatable bonds is 7. The second kappa shape index (κ2) is 9.92. The average Bonchev–Trinajstić information content (AvgIpc) is 2.51. The summed E-state index contributed by atoms with van der Waals surface area (Å²) >= 11 is 0. The molecule has 114 valence electrons. The molecule has 4 nitrogen and oxygen atoms in total. The van der Waals surface area contributed by atoms with Crippen molar-refractivity contribution < 1.29 is 19.4 Å². The van der Waals surface area contributed by atoms with Gasteiger partial charge in [0.05, 0.1) is 6.10 Å². The number of unbranched alkanes of at least 4 members (excludes halogenated alkanes) is 1. The van der Waals surface area contributed by atoms with Gasteiger partial charge in [-0.25, -0.2) is 4.39 Å². The predicted molar refractivity (Wildman–Crippen MR) is 78.2 cm³/mol. The van der Waals surface area contributed by atoms with Crippen LogP contribution < -0.4 is 5.32 Å². The van der Waals surface area contributed by atoms with Gasteiger partial charge in [0.25, 0.3) is 5.91 Å². The van der Waals surface area contributed by atoms with Crippen LogP contribution in [-0.2, 0) is 4.79 Å². The van der Waals surface area contributed by atoms with Gasteiger partial charge >= 0.3 is 0 Å². The number of aliphatic hydroxyl groups excluding tert-OH is 2. The molecule has 1 atom stereocenters. The highest BCUT2D eigenvalue weighted by Gasteiger charge is 2.08. The van der Waals surface area contributed by atoms with E-state index in [2.05, 4.69) is 17.2 Å². The van der Waals surface area contributed by atoms with Crippen molar-refractivity contribution in [1.29, 1.82) is 0 Å². The van der Waals surface area contributed by atoms with Gasteiger partial charge in [-0.3, -0.25) is 4.79 Å². The van der Waals surface area contributed by atoms with Crippen LogP contribution in [0.5, 0.6) is 0 Å². The molecular formula is C16H20FNO3. The molecule has 1 aromatic rings. The highest BCUT2D eigenvalue weighted by Crippen LogP contribution is 2.17. The molecule has 0 saturated heterocycles. The lowest BCUT2D eigenvalue weighted by Crippen LogP contribution is -2.26. The summed E-state index contributed by atoms with van der Waals surface area (Å²) in [5.41, 5.74) is 1.50. The van der Waals surface area contributed by atoms with Crippen LogP contribution in [0.25, 0.3) is 0 Å². The molecule has 21 heavy (non-hydrogen) atoms. The first kappa shape index (κ1) is 17.2. The first-order valence-corrected chi connectivity index (χ1v) is 6.87. The van der Waals surface area contributed by atoms with Crippen molar-refractivity contribution in [3.05, 3.63) is 35.4 Å². The molecule has 0 heterocycles. The second-order valence-corrected chi connectivity index (χ2v) is 4.54. The minimum absolute atomic E-state index is 0.123. The third-order valence-corrected chi connectivity index (χ3v) is 2.83. The zero-order valence-corrected chi connectivity index (χ0v) is 11.8. The van der Waals surface area contributed by atoms with Crippen LogP contribution >= 0.6 is 0 Å². The first-order valence-electron chi connectivity index (χ1n) is 6.87. The number of nitrogens with one attached hydrogen (secondary N) is 1. The summed E-state index contributed by atoms with van der Waals surface area (Å²) < 4.78 is 12.0. The Morgan fingerprint density at radius 1 is 1.43 bits per heavy atom. The van der Waals surface area contributed by atoms with Crippen LogP contribution in [-0.4, -0.2) is 35.9 Å². The van der Waals surface area contributed by atoms with Gasteiger partial charge in [-0.05, 0) is 30.5 Å². The molecule has 1 rings (SSSR count). The Labute approximate surface area is 124 Å². The molecule has 0 saturated carbocycles. The molecule has 1 aromatic carbocycles. The van der Waals surface area contributed by atoms with Crippen molar-refractivity contribution in [3.8, 4) is 11.8 Å². The lowest BCUT2D eigenvalue weighted by molar-refractivity contribution is -0.122. The summed E-state index contributed by atoms with van der Waals surface area (Å²) in [5.74, 6) is 5.24. The van der Waals surface area contributed by atoms with E-state index in [4.69, 9.17) is 5.11 Å². The van der Waals surface area contributed by atoms with Gasteiger partial charge in [0.15, 0.2) is 6.67 Å². The van der Waals surface area contributed by atoms with Crippen molar-refractivity contribution in [2.75, 3.05) is 19.8 Å². The Bertz CT molecular complexity index is 508. The fourth-order valence-corrected chi connectivity index (χ4v) is 1.72. The Morgan fingerprint density at radius 2 is 2.24 bits per heavy atom. The Balaban J connectivity index is 2.53. The summed E-state index contributed by atoms with van der Waals surface area (Å²) in [7, 11) is 0. The van der Waals surface area contributed by atoms with Crippen molar-refractivity contribution in [2.24, 2.45) is 0 Å². The largest absolute Gasteiger partial charge is 0.396 e. The van der Waals surface area contributed by atoms with E-state index in [9.17, 15) is 14.3 Å². The number of carbonyl (C=O) groups is 1. The molecular weight excluding hydrogens is 273 g/mol. The van der Waals surface area contributed by atoms with Crippen molar-refractivity contribution in [2.45, 2.75) is 25.4 Å². The third kappa shape index (κ3) is 6.89. The van der Waals surface area contributed by atoms with Crippen molar-refractivity contribution in [1.82, 2.24) is 5.32 Å². The summed E-state index contributed by atoms with van der Waals surface area (Å²) in [6, 6.07) is 7.20. The van der Waals surface area contributed by atoms with E-state index in [1.54, 1.807) is 18.2 Å². The lowest BCUT2D eigenvalue weighted by atomic mass is 10.0. The minimum Gasteiger partial charge on any atom is -0.396 e. The molecule has 0 fully saturated rings. The van der Waals surface area contributed by atoms with Crippen LogP contribution in [0.1, 0.15) is 36.5 Å². The van der Waals surface area contributed by atoms with Gasteiger partial charge in [-0.15, -0.1) is 0 Å². The highest BCUT2D eigenvalue weighted by atomic mass is 19.1. The van der Waals surface area contributed by atoms with Gasteiger partial charge in [0.1, 0.15) is 0 Å². The molecule has 0 aliphatic rings. The van der Waals surface area contributed by atoms with E-state index < -0.39 is 18.7 Å². The lowest BCUT2D eigenvalue weighted by Gasteiger charge is -2.11. The SMILES string of the molecule is O=C(CF)NCCC(O)c1cccc(C#CCCCO)c1. The molecule has 1 unspecified atom stereocenters. The van der Waals surface area contributed by atoms with E-state index in [1.165, 1.54) is 0 Å².